The SMILES string of the molecule is CC(=O)O.COc1c(-c2cc(C(C)(C)O)ccc2Oc2ccc(F)cc2F)cn(C)c(=O)c1I. The lowest BCUT2D eigenvalue weighted by molar-refractivity contribution is -0.134. The second-order valence-corrected chi connectivity index (χ2v) is 8.85. The number of rotatable bonds is 5. The molecule has 1 aromatic heterocycles. The zero-order chi connectivity index (χ0) is 25.8. The first-order valence-corrected chi connectivity index (χ1v) is 11.0. The topological polar surface area (TPSA) is 98.0 Å². The van der Waals surface area contributed by atoms with Gasteiger partial charge in [0, 0.05) is 37.4 Å². The van der Waals surface area contributed by atoms with Gasteiger partial charge in [-0.1, -0.05) is 6.07 Å². The van der Waals surface area contributed by atoms with E-state index in [-0.39, 0.29) is 17.1 Å². The van der Waals surface area contributed by atoms with Crippen molar-refractivity contribution in [3.05, 3.63) is 73.7 Å². The van der Waals surface area contributed by atoms with Crippen LogP contribution >= 0.6 is 22.6 Å². The fraction of sp³-hybridized carbons (Fsp3) is 0.250. The number of methoxy groups -OCH3 is 1. The van der Waals surface area contributed by atoms with Crippen molar-refractivity contribution >= 4 is 28.6 Å². The number of carboxylic acids is 1. The first kappa shape index (κ1) is 27.3. The van der Waals surface area contributed by atoms with Crippen LogP contribution in [0, 0.1) is 15.2 Å². The molecule has 0 fully saturated rings. The predicted molar refractivity (Wildman–Crippen MR) is 131 cm³/mol. The Hall–Kier alpha value is -2.99. The number of halogens is 3. The Kier molecular flexibility index (Phi) is 8.78. The first-order chi connectivity index (χ1) is 15.8. The molecule has 0 amide bonds. The zero-order valence-corrected chi connectivity index (χ0v) is 21.3. The summed E-state index contributed by atoms with van der Waals surface area (Å²) in [5.41, 5.74) is 0.184. The van der Waals surface area contributed by atoms with Gasteiger partial charge in [0.2, 0.25) is 0 Å². The van der Waals surface area contributed by atoms with Crippen LogP contribution in [-0.2, 0) is 17.4 Å². The molecule has 0 bridgehead atoms. The molecule has 2 N–H and O–H groups in total. The fourth-order valence-corrected chi connectivity index (χ4v) is 3.85. The second kappa shape index (κ2) is 11.0. The van der Waals surface area contributed by atoms with Gasteiger partial charge in [-0.3, -0.25) is 9.59 Å². The van der Waals surface area contributed by atoms with E-state index in [2.05, 4.69) is 0 Å². The van der Waals surface area contributed by atoms with Gasteiger partial charge in [0.25, 0.3) is 11.5 Å². The summed E-state index contributed by atoms with van der Waals surface area (Å²) < 4.78 is 40.5. The van der Waals surface area contributed by atoms with E-state index in [0.717, 1.165) is 19.1 Å². The van der Waals surface area contributed by atoms with Crippen LogP contribution in [0.15, 0.2) is 47.4 Å². The smallest absolute Gasteiger partial charge is 0.300 e. The molecule has 0 spiro atoms. The van der Waals surface area contributed by atoms with Crippen molar-refractivity contribution in [2.45, 2.75) is 26.4 Å². The summed E-state index contributed by atoms with van der Waals surface area (Å²) in [6.07, 6.45) is 1.58. The van der Waals surface area contributed by atoms with Gasteiger partial charge >= 0.3 is 0 Å². The van der Waals surface area contributed by atoms with Gasteiger partial charge in [-0.2, -0.15) is 0 Å². The van der Waals surface area contributed by atoms with Crippen LogP contribution in [0.3, 0.4) is 0 Å². The zero-order valence-electron chi connectivity index (χ0n) is 19.1. The maximum absolute atomic E-state index is 14.2. The van der Waals surface area contributed by atoms with Crippen LogP contribution in [0.2, 0.25) is 0 Å². The lowest BCUT2D eigenvalue weighted by atomic mass is 9.93. The molecule has 0 unspecified atom stereocenters. The van der Waals surface area contributed by atoms with Gasteiger partial charge in [-0.05, 0) is 66.3 Å². The number of pyridine rings is 1. The number of hydrogen-bond acceptors (Lipinski definition) is 5. The van der Waals surface area contributed by atoms with Crippen LogP contribution in [-0.4, -0.2) is 27.9 Å². The highest BCUT2D eigenvalue weighted by molar-refractivity contribution is 14.1. The van der Waals surface area contributed by atoms with Crippen molar-refractivity contribution in [1.82, 2.24) is 4.57 Å². The molecule has 0 aliphatic carbocycles. The number of aliphatic carboxylic acids is 1. The van der Waals surface area contributed by atoms with E-state index >= 15 is 0 Å². The summed E-state index contributed by atoms with van der Waals surface area (Å²) in [7, 11) is 3.05. The third kappa shape index (κ3) is 6.54. The summed E-state index contributed by atoms with van der Waals surface area (Å²) >= 11 is 1.90. The van der Waals surface area contributed by atoms with E-state index in [0.29, 0.717) is 26.0 Å². The number of benzene rings is 2. The van der Waals surface area contributed by atoms with Gasteiger partial charge < -0.3 is 24.3 Å². The Bertz CT molecular complexity index is 1260. The molecule has 0 saturated carbocycles. The number of nitrogens with zero attached hydrogens (tertiary/aromatic N) is 1. The maximum atomic E-state index is 14.2. The standard InChI is InChI=1S/C22H20F2INO4.C2H4O2/c1-22(2,28)12-5-7-17(30-18-8-6-13(23)10-16(18)24)14(9-12)15-11-26(3)21(27)19(25)20(15)29-4;1-2(3)4/h5-11,28H,1-4H3;1H3,(H,3,4). The van der Waals surface area contributed by atoms with E-state index in [1.165, 1.54) is 17.7 Å². The lowest BCUT2D eigenvalue weighted by Crippen LogP contribution is -2.20. The molecule has 7 nitrogen and oxygen atoms in total. The van der Waals surface area contributed by atoms with Gasteiger partial charge in [0.05, 0.1) is 12.7 Å². The average molecular weight is 587 g/mol. The average Bonchev–Trinajstić information content (AvgIpc) is 2.73. The third-order valence-electron chi connectivity index (χ3n) is 4.57. The summed E-state index contributed by atoms with van der Waals surface area (Å²) in [5, 5.41) is 17.9. The Morgan fingerprint density at radius 3 is 2.21 bits per heavy atom. The van der Waals surface area contributed by atoms with Crippen molar-refractivity contribution in [3.8, 4) is 28.4 Å². The van der Waals surface area contributed by atoms with Crippen molar-refractivity contribution in [3.63, 3.8) is 0 Å². The Balaban J connectivity index is 0.000000945. The minimum Gasteiger partial charge on any atom is -0.495 e. The minimum absolute atomic E-state index is 0.160. The molecule has 0 atom stereocenters. The Morgan fingerprint density at radius 1 is 1.09 bits per heavy atom. The molecule has 1 heterocycles. The number of aryl methyl sites for hydroxylation is 1. The van der Waals surface area contributed by atoms with E-state index in [9.17, 15) is 18.7 Å². The molecule has 3 aromatic rings. The van der Waals surface area contributed by atoms with Crippen molar-refractivity contribution < 1.29 is 33.3 Å². The minimum atomic E-state index is -1.16. The number of carbonyl (C=O) groups is 1. The van der Waals surface area contributed by atoms with Crippen LogP contribution in [0.5, 0.6) is 17.2 Å². The van der Waals surface area contributed by atoms with Crippen LogP contribution in [0.25, 0.3) is 11.1 Å². The quantitative estimate of drug-likeness (QED) is 0.406. The molecule has 10 heteroatoms. The van der Waals surface area contributed by atoms with E-state index in [4.69, 9.17) is 19.4 Å². The second-order valence-electron chi connectivity index (χ2n) is 7.77. The third-order valence-corrected chi connectivity index (χ3v) is 5.52. The number of ether oxygens (including phenoxy) is 2. The van der Waals surface area contributed by atoms with Crippen molar-refractivity contribution in [2.75, 3.05) is 7.11 Å². The molecule has 0 aliphatic heterocycles. The largest absolute Gasteiger partial charge is 0.495 e. The van der Waals surface area contributed by atoms with E-state index in [1.807, 2.05) is 22.6 Å². The summed E-state index contributed by atoms with van der Waals surface area (Å²) in [6, 6.07) is 7.95. The highest BCUT2D eigenvalue weighted by Gasteiger charge is 2.23. The molecular formula is C24H24F2INO6. The van der Waals surface area contributed by atoms with Crippen LogP contribution in [0.4, 0.5) is 8.78 Å². The first-order valence-electron chi connectivity index (χ1n) is 9.89. The molecule has 34 heavy (non-hydrogen) atoms. The normalized spacial score (nSPS) is 10.9. The summed E-state index contributed by atoms with van der Waals surface area (Å²) in [6.45, 7) is 4.35. The lowest BCUT2D eigenvalue weighted by Gasteiger charge is -2.22. The molecule has 0 aliphatic rings. The van der Waals surface area contributed by atoms with Crippen molar-refractivity contribution in [1.29, 1.82) is 0 Å². The highest BCUT2D eigenvalue weighted by Crippen LogP contribution is 2.41. The summed E-state index contributed by atoms with van der Waals surface area (Å²) in [4.78, 5) is 21.3. The van der Waals surface area contributed by atoms with Crippen LogP contribution in [0.1, 0.15) is 26.3 Å². The molecule has 182 valence electrons. The maximum Gasteiger partial charge on any atom is 0.300 e. The van der Waals surface area contributed by atoms with E-state index < -0.39 is 23.2 Å². The molecule has 0 saturated heterocycles. The number of hydrogen-bond donors (Lipinski definition) is 2. The van der Waals surface area contributed by atoms with E-state index in [1.54, 1.807) is 45.3 Å². The van der Waals surface area contributed by atoms with Crippen molar-refractivity contribution in [2.24, 2.45) is 7.05 Å². The molecular weight excluding hydrogens is 563 g/mol. The number of aromatic nitrogens is 1. The van der Waals surface area contributed by atoms with Crippen LogP contribution < -0.4 is 15.0 Å². The van der Waals surface area contributed by atoms with Gasteiger partial charge in [-0.15, -0.1) is 0 Å². The Labute approximate surface area is 208 Å². The Morgan fingerprint density at radius 2 is 1.68 bits per heavy atom. The molecule has 2 aromatic carbocycles. The van der Waals surface area contributed by atoms with Gasteiger partial charge in [0.15, 0.2) is 11.6 Å². The molecule has 0 radical (unpaired) electrons. The number of aliphatic hydroxyl groups is 1. The number of carboxylic acid groups (broad SMARTS) is 1. The van der Waals surface area contributed by atoms with Gasteiger partial charge in [-0.25, -0.2) is 8.78 Å². The molecule has 3 rings (SSSR count). The monoisotopic (exact) mass is 587 g/mol. The van der Waals surface area contributed by atoms with Gasteiger partial charge in [0.1, 0.15) is 20.9 Å². The highest BCUT2D eigenvalue weighted by atomic mass is 127. The fourth-order valence-electron chi connectivity index (χ4n) is 2.96. The predicted octanol–water partition coefficient (Wildman–Crippen LogP) is 5.05. The summed E-state index contributed by atoms with van der Waals surface area (Å²) in [5.74, 6) is -1.98.